The molecular formula is C25H21Cl3N2O2S. The SMILES string of the molecule is Cc1c(Cl)cccc1NS(=O)(=O)c1ccc2c(c1)[C@H]1C=CC[C@H]1[C@@H](c1ccc(Cl)c(Cl)c1)N2. The van der Waals surface area contributed by atoms with Gasteiger partial charge in [0.05, 0.1) is 26.7 Å². The predicted octanol–water partition coefficient (Wildman–Crippen LogP) is 7.58. The summed E-state index contributed by atoms with van der Waals surface area (Å²) in [5.41, 5.74) is 4.10. The highest BCUT2D eigenvalue weighted by Crippen LogP contribution is 2.50. The van der Waals surface area contributed by atoms with Crippen LogP contribution in [0.1, 0.15) is 35.1 Å². The zero-order chi connectivity index (χ0) is 23.3. The second-order valence-corrected chi connectivity index (χ2v) is 11.3. The van der Waals surface area contributed by atoms with E-state index in [1.54, 1.807) is 37.3 Å². The molecule has 0 radical (unpaired) electrons. The maximum Gasteiger partial charge on any atom is 0.261 e. The van der Waals surface area contributed by atoms with Gasteiger partial charge in [-0.1, -0.05) is 59.1 Å². The van der Waals surface area contributed by atoms with Crippen LogP contribution < -0.4 is 10.0 Å². The molecule has 0 spiro atoms. The van der Waals surface area contributed by atoms with Crippen LogP contribution in [0.3, 0.4) is 0 Å². The lowest BCUT2D eigenvalue weighted by Gasteiger charge is -2.37. The summed E-state index contributed by atoms with van der Waals surface area (Å²) in [5.74, 6) is 0.347. The van der Waals surface area contributed by atoms with Crippen molar-refractivity contribution in [1.82, 2.24) is 0 Å². The summed E-state index contributed by atoms with van der Waals surface area (Å²) in [5, 5.41) is 5.16. The van der Waals surface area contributed by atoms with Crippen LogP contribution in [0.25, 0.3) is 0 Å². The fourth-order valence-corrected chi connectivity index (χ4v) is 6.34. The highest BCUT2D eigenvalue weighted by molar-refractivity contribution is 7.92. The maximum atomic E-state index is 13.2. The number of hydrogen-bond donors (Lipinski definition) is 2. The summed E-state index contributed by atoms with van der Waals surface area (Å²) in [6.07, 6.45) is 5.21. The van der Waals surface area contributed by atoms with Crippen molar-refractivity contribution in [2.45, 2.75) is 30.2 Å². The quantitative estimate of drug-likeness (QED) is 0.349. The van der Waals surface area contributed by atoms with Gasteiger partial charge >= 0.3 is 0 Å². The first-order valence-electron chi connectivity index (χ1n) is 10.5. The topological polar surface area (TPSA) is 58.2 Å². The largest absolute Gasteiger partial charge is 0.378 e. The van der Waals surface area contributed by atoms with Gasteiger partial charge in [-0.3, -0.25) is 4.72 Å². The van der Waals surface area contributed by atoms with Gasteiger partial charge in [-0.25, -0.2) is 8.42 Å². The van der Waals surface area contributed by atoms with E-state index < -0.39 is 10.0 Å². The van der Waals surface area contributed by atoms with Crippen molar-refractivity contribution < 1.29 is 8.42 Å². The Balaban J connectivity index is 1.50. The number of rotatable bonds is 4. The van der Waals surface area contributed by atoms with Crippen LogP contribution in [-0.2, 0) is 10.0 Å². The standard InChI is InChI=1S/C25H21Cl3N2O2S/c1-14-20(26)6-3-7-23(14)30-33(31,32)16-9-11-24-19(13-16)17-4-2-5-18(17)25(29-24)15-8-10-21(27)22(28)12-15/h2-4,6-13,17-18,25,29-30H,5H2,1H3/t17-,18+,25+/m0/s1. The normalized spacial score (nSPS) is 21.3. The molecule has 0 unspecified atom stereocenters. The highest BCUT2D eigenvalue weighted by Gasteiger charge is 2.38. The van der Waals surface area contributed by atoms with E-state index in [4.69, 9.17) is 34.8 Å². The van der Waals surface area contributed by atoms with E-state index in [2.05, 4.69) is 22.2 Å². The van der Waals surface area contributed by atoms with Gasteiger partial charge in [-0.2, -0.15) is 0 Å². The lowest BCUT2D eigenvalue weighted by molar-refractivity contribution is 0.425. The summed E-state index contributed by atoms with van der Waals surface area (Å²) in [4.78, 5) is 0.217. The molecule has 2 aliphatic rings. The Labute approximate surface area is 208 Å². The Morgan fingerprint density at radius 1 is 0.970 bits per heavy atom. The zero-order valence-corrected chi connectivity index (χ0v) is 20.7. The molecule has 5 rings (SSSR count). The van der Waals surface area contributed by atoms with Crippen LogP contribution in [-0.4, -0.2) is 8.42 Å². The molecule has 0 amide bonds. The third-order valence-electron chi connectivity index (χ3n) is 6.46. The lowest BCUT2D eigenvalue weighted by Crippen LogP contribution is -2.29. The molecule has 1 aliphatic carbocycles. The van der Waals surface area contributed by atoms with Gasteiger partial charge in [0.1, 0.15) is 0 Å². The third kappa shape index (κ3) is 4.12. The second kappa shape index (κ2) is 8.55. The molecular weight excluding hydrogens is 499 g/mol. The minimum atomic E-state index is -3.78. The number of sulfonamides is 1. The fraction of sp³-hybridized carbons (Fsp3) is 0.200. The van der Waals surface area contributed by atoms with Crippen LogP contribution >= 0.6 is 34.8 Å². The molecule has 1 aliphatic heterocycles. The van der Waals surface area contributed by atoms with Gasteiger partial charge < -0.3 is 5.32 Å². The Hall–Kier alpha value is -2.18. The Kier molecular flexibility index (Phi) is 5.86. The van der Waals surface area contributed by atoms with Crippen LogP contribution in [0.5, 0.6) is 0 Å². The summed E-state index contributed by atoms with van der Waals surface area (Å²) < 4.78 is 29.0. The molecule has 0 aromatic heterocycles. The Bertz CT molecular complexity index is 1390. The summed E-state index contributed by atoms with van der Waals surface area (Å²) in [6, 6.07) is 16.1. The summed E-state index contributed by atoms with van der Waals surface area (Å²) in [7, 11) is -3.78. The number of benzene rings is 3. The van der Waals surface area contributed by atoms with E-state index in [1.165, 1.54) is 0 Å². The van der Waals surface area contributed by atoms with E-state index in [1.807, 2.05) is 24.3 Å². The van der Waals surface area contributed by atoms with Crippen LogP contribution in [0, 0.1) is 12.8 Å². The minimum absolute atomic E-state index is 0.0435. The van der Waals surface area contributed by atoms with Crippen molar-refractivity contribution in [3.8, 4) is 0 Å². The van der Waals surface area contributed by atoms with Crippen molar-refractivity contribution >= 4 is 56.2 Å². The first kappa shape index (κ1) is 22.6. The van der Waals surface area contributed by atoms with Gasteiger partial charge in [-0.05, 0) is 78.4 Å². The number of hydrogen-bond acceptors (Lipinski definition) is 3. The van der Waals surface area contributed by atoms with Crippen molar-refractivity contribution in [1.29, 1.82) is 0 Å². The second-order valence-electron chi connectivity index (χ2n) is 8.42. The molecule has 8 heteroatoms. The Morgan fingerprint density at radius 3 is 2.58 bits per heavy atom. The number of halogens is 3. The molecule has 0 bridgehead atoms. The molecule has 2 N–H and O–H groups in total. The monoisotopic (exact) mass is 518 g/mol. The van der Waals surface area contributed by atoms with E-state index in [9.17, 15) is 8.42 Å². The molecule has 0 fully saturated rings. The van der Waals surface area contributed by atoms with Gasteiger partial charge in [0.15, 0.2) is 0 Å². The van der Waals surface area contributed by atoms with Crippen molar-refractivity contribution in [2.75, 3.05) is 10.0 Å². The van der Waals surface area contributed by atoms with Crippen molar-refractivity contribution in [3.63, 3.8) is 0 Å². The average molecular weight is 520 g/mol. The molecule has 170 valence electrons. The van der Waals surface area contributed by atoms with Crippen molar-refractivity contribution in [2.24, 2.45) is 5.92 Å². The summed E-state index contributed by atoms with van der Waals surface area (Å²) >= 11 is 18.6. The number of fused-ring (bicyclic) bond motifs is 3. The highest BCUT2D eigenvalue weighted by atomic mass is 35.5. The first-order valence-corrected chi connectivity index (χ1v) is 13.2. The smallest absolute Gasteiger partial charge is 0.261 e. The average Bonchev–Trinajstić information content (AvgIpc) is 3.28. The minimum Gasteiger partial charge on any atom is -0.378 e. The third-order valence-corrected chi connectivity index (χ3v) is 8.97. The maximum absolute atomic E-state index is 13.2. The zero-order valence-electron chi connectivity index (χ0n) is 17.6. The van der Waals surface area contributed by atoms with E-state index in [-0.39, 0.29) is 22.8 Å². The molecule has 3 atom stereocenters. The summed E-state index contributed by atoms with van der Waals surface area (Å²) in [6.45, 7) is 1.79. The van der Waals surface area contributed by atoms with E-state index in [0.717, 1.165) is 23.2 Å². The predicted molar refractivity (Wildman–Crippen MR) is 136 cm³/mol. The van der Waals surface area contributed by atoms with Crippen LogP contribution in [0.2, 0.25) is 15.1 Å². The molecule has 0 saturated carbocycles. The van der Waals surface area contributed by atoms with Crippen LogP contribution in [0.15, 0.2) is 71.6 Å². The van der Waals surface area contributed by atoms with Crippen LogP contribution in [0.4, 0.5) is 11.4 Å². The lowest BCUT2D eigenvalue weighted by atomic mass is 9.77. The number of allylic oxidation sites excluding steroid dienone is 2. The molecule has 4 nitrogen and oxygen atoms in total. The number of anilines is 2. The Morgan fingerprint density at radius 2 is 1.79 bits per heavy atom. The fourth-order valence-electron chi connectivity index (χ4n) is 4.70. The van der Waals surface area contributed by atoms with Gasteiger partial charge in [-0.15, -0.1) is 0 Å². The first-order chi connectivity index (χ1) is 15.7. The number of nitrogens with one attached hydrogen (secondary N) is 2. The molecule has 33 heavy (non-hydrogen) atoms. The molecule has 0 saturated heterocycles. The van der Waals surface area contributed by atoms with Gasteiger partial charge in [0.25, 0.3) is 10.0 Å². The van der Waals surface area contributed by atoms with Gasteiger partial charge in [0.2, 0.25) is 0 Å². The van der Waals surface area contributed by atoms with Crippen molar-refractivity contribution in [3.05, 3.63) is 98.5 Å². The molecule has 3 aromatic carbocycles. The van der Waals surface area contributed by atoms with Gasteiger partial charge in [0, 0.05) is 16.6 Å². The van der Waals surface area contributed by atoms with E-state index in [0.29, 0.717) is 26.3 Å². The molecule has 1 heterocycles. The molecule has 3 aromatic rings. The van der Waals surface area contributed by atoms with E-state index >= 15 is 0 Å².